The minimum atomic E-state index is -0.506. The molecular weight excluding hydrogens is 358 g/mol. The summed E-state index contributed by atoms with van der Waals surface area (Å²) in [6.07, 6.45) is 6.75. The van der Waals surface area contributed by atoms with Gasteiger partial charge in [0.05, 0.1) is 0 Å². The number of nitrogens with one attached hydrogen (secondary N) is 1. The molecule has 1 saturated heterocycles. The third-order valence-corrected chi connectivity index (χ3v) is 7.08. The Morgan fingerprint density at radius 3 is 2.31 bits per heavy atom. The smallest absolute Gasteiger partial charge is 0.248 e. The summed E-state index contributed by atoms with van der Waals surface area (Å²) in [7, 11) is 0. The first-order valence-electron chi connectivity index (χ1n) is 11.7. The Balaban J connectivity index is 1.81. The summed E-state index contributed by atoms with van der Waals surface area (Å²) in [4.78, 5) is 16.0. The van der Waals surface area contributed by atoms with Gasteiger partial charge < -0.3 is 16.0 Å². The van der Waals surface area contributed by atoms with Crippen molar-refractivity contribution in [3.8, 4) is 0 Å². The average Bonchev–Trinajstić information content (AvgIpc) is 2.70. The van der Waals surface area contributed by atoms with Crippen molar-refractivity contribution < 1.29 is 4.79 Å². The van der Waals surface area contributed by atoms with Gasteiger partial charge in [-0.1, -0.05) is 45.9 Å². The van der Waals surface area contributed by atoms with Crippen molar-refractivity contribution in [2.45, 2.75) is 84.2 Å². The quantitative estimate of drug-likeness (QED) is 0.720. The Hall–Kier alpha value is -1.55. The maximum absolute atomic E-state index is 13.8. The lowest BCUT2D eigenvalue weighted by Gasteiger charge is -2.44. The van der Waals surface area contributed by atoms with Gasteiger partial charge in [-0.05, 0) is 74.3 Å². The van der Waals surface area contributed by atoms with Gasteiger partial charge >= 0.3 is 0 Å². The van der Waals surface area contributed by atoms with Crippen LogP contribution in [-0.4, -0.2) is 35.5 Å². The number of likely N-dealkylation sites (tertiary alicyclic amines) is 1. The van der Waals surface area contributed by atoms with Crippen molar-refractivity contribution in [2.24, 2.45) is 23.5 Å². The van der Waals surface area contributed by atoms with E-state index in [4.69, 9.17) is 5.73 Å². The Kier molecular flexibility index (Phi) is 7.26. The third kappa shape index (κ3) is 5.33. The number of carbonyl (C=O) groups is 1. The maximum atomic E-state index is 13.8. The molecule has 0 radical (unpaired) electrons. The largest absolute Gasteiger partial charge is 0.371 e. The lowest BCUT2D eigenvalue weighted by Crippen LogP contribution is -2.58. The molecule has 1 saturated carbocycles. The van der Waals surface area contributed by atoms with Crippen LogP contribution in [0, 0.1) is 17.8 Å². The summed E-state index contributed by atoms with van der Waals surface area (Å²) in [6, 6.07) is 8.74. The molecule has 0 bridgehead atoms. The molecule has 4 nitrogen and oxygen atoms in total. The van der Waals surface area contributed by atoms with Crippen LogP contribution in [0.1, 0.15) is 71.8 Å². The van der Waals surface area contributed by atoms with E-state index in [0.717, 1.165) is 69.6 Å². The molecule has 2 aliphatic rings. The molecule has 2 fully saturated rings. The molecule has 1 heterocycles. The molecule has 3 N–H and O–H groups in total. The van der Waals surface area contributed by atoms with Gasteiger partial charge in [0.25, 0.3) is 0 Å². The fourth-order valence-electron chi connectivity index (χ4n) is 5.12. The molecule has 4 heteroatoms. The monoisotopic (exact) mass is 399 g/mol. The molecular formula is C25H41N3O. The lowest BCUT2D eigenvalue weighted by atomic mass is 9.77. The van der Waals surface area contributed by atoms with Gasteiger partial charge in [0.2, 0.25) is 5.91 Å². The van der Waals surface area contributed by atoms with Gasteiger partial charge in [0.15, 0.2) is 0 Å². The minimum Gasteiger partial charge on any atom is -0.371 e. The zero-order chi connectivity index (χ0) is 21.0. The zero-order valence-corrected chi connectivity index (χ0v) is 18.9. The highest BCUT2D eigenvalue weighted by molar-refractivity contribution is 5.90. The molecule has 0 unspecified atom stereocenters. The van der Waals surface area contributed by atoms with E-state index in [1.54, 1.807) is 0 Å². The Bertz CT molecular complexity index is 668. The number of benzene rings is 1. The second-order valence-electron chi connectivity index (χ2n) is 10.2. The number of piperidine rings is 1. The SMILES string of the molecule is CC(C)Cc1ccccc1NC1(C(=O)N2CCC(C(C)C)CC2)CCC(N)CC1. The molecule has 0 aromatic heterocycles. The van der Waals surface area contributed by atoms with E-state index >= 15 is 0 Å². The van der Waals surface area contributed by atoms with Gasteiger partial charge in [0.1, 0.15) is 5.54 Å². The van der Waals surface area contributed by atoms with Gasteiger partial charge in [-0.2, -0.15) is 0 Å². The van der Waals surface area contributed by atoms with E-state index in [-0.39, 0.29) is 6.04 Å². The summed E-state index contributed by atoms with van der Waals surface area (Å²) in [5.41, 5.74) is 8.15. The second-order valence-corrected chi connectivity index (χ2v) is 10.2. The summed E-state index contributed by atoms with van der Waals surface area (Å²) < 4.78 is 0. The first-order valence-corrected chi connectivity index (χ1v) is 11.7. The molecule has 0 atom stereocenters. The minimum absolute atomic E-state index is 0.218. The summed E-state index contributed by atoms with van der Waals surface area (Å²) in [6.45, 7) is 10.9. The molecule has 1 aromatic carbocycles. The fourth-order valence-corrected chi connectivity index (χ4v) is 5.12. The van der Waals surface area contributed by atoms with Crippen molar-refractivity contribution in [3.63, 3.8) is 0 Å². The normalized spacial score (nSPS) is 26.2. The molecule has 1 aliphatic heterocycles. The van der Waals surface area contributed by atoms with Crippen LogP contribution >= 0.6 is 0 Å². The second kappa shape index (κ2) is 9.51. The van der Waals surface area contributed by atoms with E-state index in [0.29, 0.717) is 17.7 Å². The van der Waals surface area contributed by atoms with Crippen molar-refractivity contribution in [1.29, 1.82) is 0 Å². The van der Waals surface area contributed by atoms with Crippen LogP contribution in [0.4, 0.5) is 5.69 Å². The van der Waals surface area contributed by atoms with Crippen molar-refractivity contribution >= 4 is 11.6 Å². The van der Waals surface area contributed by atoms with Crippen LogP contribution in [0.5, 0.6) is 0 Å². The third-order valence-electron chi connectivity index (χ3n) is 7.08. The lowest BCUT2D eigenvalue weighted by molar-refractivity contribution is -0.139. The van der Waals surface area contributed by atoms with Crippen LogP contribution in [0.3, 0.4) is 0 Å². The number of nitrogens with zero attached hydrogens (tertiary/aromatic N) is 1. The molecule has 3 rings (SSSR count). The Morgan fingerprint density at radius 1 is 1.10 bits per heavy atom. The van der Waals surface area contributed by atoms with E-state index < -0.39 is 5.54 Å². The highest BCUT2D eigenvalue weighted by Gasteiger charge is 2.44. The number of hydrogen-bond acceptors (Lipinski definition) is 3. The number of anilines is 1. The maximum Gasteiger partial charge on any atom is 0.248 e. The van der Waals surface area contributed by atoms with Gasteiger partial charge in [-0.25, -0.2) is 0 Å². The molecule has 1 aromatic rings. The molecule has 1 aliphatic carbocycles. The Labute approximate surface area is 177 Å². The highest BCUT2D eigenvalue weighted by Crippen LogP contribution is 2.36. The van der Waals surface area contributed by atoms with Crippen LogP contribution in [0.2, 0.25) is 0 Å². The van der Waals surface area contributed by atoms with Crippen molar-refractivity contribution in [1.82, 2.24) is 4.90 Å². The summed E-state index contributed by atoms with van der Waals surface area (Å²) >= 11 is 0. The highest BCUT2D eigenvalue weighted by atomic mass is 16.2. The molecule has 29 heavy (non-hydrogen) atoms. The van der Waals surface area contributed by atoms with Gasteiger partial charge in [-0.15, -0.1) is 0 Å². The van der Waals surface area contributed by atoms with E-state index in [2.05, 4.69) is 62.2 Å². The van der Waals surface area contributed by atoms with Crippen LogP contribution in [-0.2, 0) is 11.2 Å². The molecule has 162 valence electrons. The number of para-hydroxylation sites is 1. The van der Waals surface area contributed by atoms with Crippen LogP contribution in [0.25, 0.3) is 0 Å². The number of nitrogens with two attached hydrogens (primary N) is 1. The van der Waals surface area contributed by atoms with E-state index in [9.17, 15) is 4.79 Å². The van der Waals surface area contributed by atoms with Crippen molar-refractivity contribution in [2.75, 3.05) is 18.4 Å². The van der Waals surface area contributed by atoms with E-state index in [1.807, 2.05) is 0 Å². The topological polar surface area (TPSA) is 58.4 Å². The van der Waals surface area contributed by atoms with Crippen molar-refractivity contribution in [3.05, 3.63) is 29.8 Å². The zero-order valence-electron chi connectivity index (χ0n) is 18.9. The molecule has 0 spiro atoms. The number of amides is 1. The predicted octanol–water partition coefficient (Wildman–Crippen LogP) is 4.83. The van der Waals surface area contributed by atoms with E-state index in [1.165, 1.54) is 5.56 Å². The average molecular weight is 400 g/mol. The number of carbonyl (C=O) groups excluding carboxylic acids is 1. The van der Waals surface area contributed by atoms with Gasteiger partial charge in [0, 0.05) is 24.8 Å². The first-order chi connectivity index (χ1) is 13.8. The van der Waals surface area contributed by atoms with Crippen LogP contribution < -0.4 is 11.1 Å². The summed E-state index contributed by atoms with van der Waals surface area (Å²) in [5, 5.41) is 3.77. The molecule has 1 amide bonds. The fraction of sp³-hybridized carbons (Fsp3) is 0.720. The standard InChI is InChI=1S/C25H41N3O/c1-18(2)17-21-7-5-6-8-23(21)27-25(13-9-22(26)10-14-25)24(29)28-15-11-20(12-16-28)19(3)4/h5-8,18-20,22,27H,9-17,26H2,1-4H3. The first kappa shape index (κ1) is 22.1. The number of rotatable bonds is 6. The van der Waals surface area contributed by atoms with Gasteiger partial charge in [-0.3, -0.25) is 4.79 Å². The summed E-state index contributed by atoms with van der Waals surface area (Å²) in [5.74, 6) is 2.33. The Morgan fingerprint density at radius 2 is 1.72 bits per heavy atom. The van der Waals surface area contributed by atoms with Crippen LogP contribution in [0.15, 0.2) is 24.3 Å². The predicted molar refractivity (Wildman–Crippen MR) is 122 cm³/mol. The number of hydrogen-bond donors (Lipinski definition) is 2.